The molecule has 2 heterocycles. The maximum atomic E-state index is 11.8. The first-order valence-corrected chi connectivity index (χ1v) is 7.26. The number of carbonyl (C=O) groups excluding carboxylic acids is 1. The van der Waals surface area contributed by atoms with Crippen LogP contribution in [-0.4, -0.2) is 40.2 Å². The van der Waals surface area contributed by atoms with E-state index in [2.05, 4.69) is 12.1 Å². The van der Waals surface area contributed by atoms with Gasteiger partial charge < -0.3 is 10.0 Å². The third-order valence-electron chi connectivity index (χ3n) is 3.70. The number of carboxylic acids is 1. The van der Waals surface area contributed by atoms with Crippen LogP contribution in [0, 0.1) is 5.92 Å². The Hall–Kier alpha value is -1.49. The molecule has 3 rings (SSSR count). The standard InChI is InChI=1S/C14H15NO3S/c16-13-6-10(14(17)18)7-15(13)8-11-5-9-3-1-2-4-12(9)19-11/h1-4,10-11H,5-8H2,(H,17,18). The summed E-state index contributed by atoms with van der Waals surface area (Å²) in [6, 6.07) is 8.28. The van der Waals surface area contributed by atoms with E-state index in [1.165, 1.54) is 10.5 Å². The molecule has 19 heavy (non-hydrogen) atoms. The van der Waals surface area contributed by atoms with Crippen LogP contribution >= 0.6 is 11.8 Å². The third-order valence-corrected chi connectivity index (χ3v) is 5.00. The van der Waals surface area contributed by atoms with Gasteiger partial charge in [-0.3, -0.25) is 9.59 Å². The van der Waals surface area contributed by atoms with E-state index >= 15 is 0 Å². The predicted molar refractivity (Wildman–Crippen MR) is 72.1 cm³/mol. The summed E-state index contributed by atoms with van der Waals surface area (Å²) in [6.45, 7) is 1.02. The minimum Gasteiger partial charge on any atom is -0.481 e. The van der Waals surface area contributed by atoms with E-state index in [0.29, 0.717) is 18.3 Å². The first kappa shape index (κ1) is 12.5. The molecule has 1 amide bonds. The summed E-state index contributed by atoms with van der Waals surface area (Å²) in [5, 5.41) is 9.32. The van der Waals surface area contributed by atoms with Crippen molar-refractivity contribution in [3.05, 3.63) is 29.8 Å². The normalized spacial score (nSPS) is 25.7. The van der Waals surface area contributed by atoms with Crippen molar-refractivity contribution < 1.29 is 14.7 Å². The number of likely N-dealkylation sites (tertiary alicyclic amines) is 1. The molecule has 0 aliphatic carbocycles. The smallest absolute Gasteiger partial charge is 0.308 e. The highest BCUT2D eigenvalue weighted by Crippen LogP contribution is 2.37. The van der Waals surface area contributed by atoms with Crippen LogP contribution in [0.4, 0.5) is 0 Å². The maximum Gasteiger partial charge on any atom is 0.308 e. The zero-order chi connectivity index (χ0) is 13.4. The average molecular weight is 277 g/mol. The number of rotatable bonds is 3. The van der Waals surface area contributed by atoms with Gasteiger partial charge in [0.2, 0.25) is 5.91 Å². The first-order valence-electron chi connectivity index (χ1n) is 6.38. The molecule has 0 spiro atoms. The summed E-state index contributed by atoms with van der Waals surface area (Å²) in [5.41, 5.74) is 1.33. The minimum absolute atomic E-state index is 0.0241. The molecule has 0 bridgehead atoms. The molecule has 1 saturated heterocycles. The predicted octanol–water partition coefficient (Wildman–Crippen LogP) is 1.64. The van der Waals surface area contributed by atoms with Crippen molar-refractivity contribution in [2.75, 3.05) is 13.1 Å². The monoisotopic (exact) mass is 277 g/mol. The fourth-order valence-corrected chi connectivity index (χ4v) is 4.05. The van der Waals surface area contributed by atoms with E-state index in [1.807, 2.05) is 12.1 Å². The first-order chi connectivity index (χ1) is 9.13. The van der Waals surface area contributed by atoms with Gasteiger partial charge in [-0.1, -0.05) is 18.2 Å². The zero-order valence-electron chi connectivity index (χ0n) is 10.4. The second-order valence-electron chi connectivity index (χ2n) is 5.09. The van der Waals surface area contributed by atoms with Gasteiger partial charge in [0.25, 0.3) is 0 Å². The summed E-state index contributed by atoms with van der Waals surface area (Å²) in [5.74, 6) is -1.41. The quantitative estimate of drug-likeness (QED) is 0.912. The molecule has 2 aliphatic rings. The molecule has 1 N–H and O–H groups in total. The Bertz CT molecular complexity index is 506. The van der Waals surface area contributed by atoms with Gasteiger partial charge in [0.1, 0.15) is 0 Å². The van der Waals surface area contributed by atoms with E-state index in [1.54, 1.807) is 16.7 Å². The Kier molecular flexibility index (Phi) is 3.22. The maximum absolute atomic E-state index is 11.8. The van der Waals surface area contributed by atoms with E-state index in [9.17, 15) is 9.59 Å². The van der Waals surface area contributed by atoms with E-state index in [0.717, 1.165) is 6.42 Å². The number of fused-ring (bicyclic) bond motifs is 1. The highest BCUT2D eigenvalue weighted by atomic mass is 32.2. The molecule has 0 aromatic heterocycles. The number of carboxylic acid groups (broad SMARTS) is 1. The van der Waals surface area contributed by atoms with Crippen LogP contribution < -0.4 is 0 Å². The highest BCUT2D eigenvalue weighted by molar-refractivity contribution is 8.00. The summed E-state index contributed by atoms with van der Waals surface area (Å²) in [7, 11) is 0. The van der Waals surface area contributed by atoms with Crippen molar-refractivity contribution in [2.24, 2.45) is 5.92 Å². The van der Waals surface area contributed by atoms with Crippen LogP contribution in [0.5, 0.6) is 0 Å². The summed E-state index contributed by atoms with van der Waals surface area (Å²) >= 11 is 1.79. The number of carbonyl (C=O) groups is 2. The zero-order valence-corrected chi connectivity index (χ0v) is 11.2. The van der Waals surface area contributed by atoms with Crippen LogP contribution in [0.2, 0.25) is 0 Å². The van der Waals surface area contributed by atoms with Gasteiger partial charge in [-0.25, -0.2) is 0 Å². The van der Waals surface area contributed by atoms with E-state index < -0.39 is 11.9 Å². The fraction of sp³-hybridized carbons (Fsp3) is 0.429. The van der Waals surface area contributed by atoms with Crippen molar-refractivity contribution in [2.45, 2.75) is 23.0 Å². The lowest BCUT2D eigenvalue weighted by molar-refractivity contribution is -0.141. The summed E-state index contributed by atoms with van der Waals surface area (Å²) < 4.78 is 0. The SMILES string of the molecule is O=C(O)C1CC(=O)N(CC2Cc3ccccc3S2)C1. The van der Waals surface area contributed by atoms with Crippen LogP contribution in [0.1, 0.15) is 12.0 Å². The Labute approximate surface area is 115 Å². The lowest BCUT2D eigenvalue weighted by atomic mass is 10.1. The van der Waals surface area contributed by atoms with Gasteiger partial charge in [-0.2, -0.15) is 0 Å². The molecule has 2 aliphatic heterocycles. The Morgan fingerprint density at radius 3 is 2.84 bits per heavy atom. The van der Waals surface area contributed by atoms with Crippen molar-refractivity contribution in [3.63, 3.8) is 0 Å². The molecular weight excluding hydrogens is 262 g/mol. The molecule has 5 heteroatoms. The number of amides is 1. The molecule has 2 unspecified atom stereocenters. The van der Waals surface area contributed by atoms with Gasteiger partial charge in [-0.05, 0) is 18.1 Å². The molecule has 0 saturated carbocycles. The number of hydrogen-bond acceptors (Lipinski definition) is 3. The Morgan fingerprint density at radius 2 is 2.16 bits per heavy atom. The minimum atomic E-state index is -0.863. The average Bonchev–Trinajstić information content (AvgIpc) is 2.93. The van der Waals surface area contributed by atoms with E-state index in [-0.39, 0.29) is 12.3 Å². The fourth-order valence-electron chi connectivity index (χ4n) is 2.72. The van der Waals surface area contributed by atoms with Crippen molar-refractivity contribution in [3.8, 4) is 0 Å². The van der Waals surface area contributed by atoms with Crippen molar-refractivity contribution >= 4 is 23.6 Å². The number of thioether (sulfide) groups is 1. The van der Waals surface area contributed by atoms with Gasteiger partial charge in [0.15, 0.2) is 0 Å². The summed E-state index contributed by atoms with van der Waals surface area (Å²) in [4.78, 5) is 25.7. The topological polar surface area (TPSA) is 57.6 Å². The van der Waals surface area contributed by atoms with Gasteiger partial charge in [0, 0.05) is 29.7 Å². The number of hydrogen-bond donors (Lipinski definition) is 1. The lowest BCUT2D eigenvalue weighted by Gasteiger charge is -2.19. The molecule has 2 atom stereocenters. The molecule has 100 valence electrons. The summed E-state index contributed by atoms with van der Waals surface area (Å²) in [6.07, 6.45) is 1.11. The van der Waals surface area contributed by atoms with Crippen molar-refractivity contribution in [1.29, 1.82) is 0 Å². The molecule has 1 fully saturated rings. The molecule has 4 nitrogen and oxygen atoms in total. The van der Waals surface area contributed by atoms with Gasteiger partial charge >= 0.3 is 5.97 Å². The molecule has 1 aromatic rings. The third kappa shape index (κ3) is 2.47. The van der Waals surface area contributed by atoms with Crippen LogP contribution in [-0.2, 0) is 16.0 Å². The van der Waals surface area contributed by atoms with Crippen molar-refractivity contribution in [1.82, 2.24) is 4.90 Å². The second-order valence-corrected chi connectivity index (χ2v) is 6.43. The van der Waals surface area contributed by atoms with Crippen LogP contribution in [0.25, 0.3) is 0 Å². The van der Waals surface area contributed by atoms with Crippen LogP contribution in [0.3, 0.4) is 0 Å². The van der Waals surface area contributed by atoms with Gasteiger partial charge in [-0.15, -0.1) is 11.8 Å². The Morgan fingerprint density at radius 1 is 1.37 bits per heavy atom. The van der Waals surface area contributed by atoms with E-state index in [4.69, 9.17) is 5.11 Å². The number of benzene rings is 1. The second kappa shape index (κ2) is 4.89. The number of nitrogens with zero attached hydrogens (tertiary/aromatic N) is 1. The lowest BCUT2D eigenvalue weighted by Crippen LogP contribution is -2.32. The molecular formula is C14H15NO3S. The highest BCUT2D eigenvalue weighted by Gasteiger charge is 2.36. The number of aliphatic carboxylic acids is 1. The molecule has 1 aromatic carbocycles. The molecule has 0 radical (unpaired) electrons. The largest absolute Gasteiger partial charge is 0.481 e. The Balaban J connectivity index is 1.62. The van der Waals surface area contributed by atoms with Gasteiger partial charge in [0.05, 0.1) is 5.92 Å². The van der Waals surface area contributed by atoms with Crippen LogP contribution in [0.15, 0.2) is 29.2 Å².